The first-order chi connectivity index (χ1) is 9.36. The van der Waals surface area contributed by atoms with Gasteiger partial charge in [-0.2, -0.15) is 0 Å². The van der Waals surface area contributed by atoms with Gasteiger partial charge in [-0.15, -0.1) is 11.8 Å². The van der Waals surface area contributed by atoms with E-state index in [4.69, 9.17) is 9.47 Å². The van der Waals surface area contributed by atoms with Crippen LogP contribution in [0.2, 0.25) is 0 Å². The molecule has 2 nitrogen and oxygen atoms in total. The van der Waals surface area contributed by atoms with E-state index in [1.54, 1.807) is 11.8 Å². The van der Waals surface area contributed by atoms with Crippen LogP contribution in [0.1, 0.15) is 39.5 Å². The fraction of sp³-hybridized carbons (Fsp3) is 0.562. The summed E-state index contributed by atoms with van der Waals surface area (Å²) in [6, 6.07) is 8.28. The van der Waals surface area contributed by atoms with Gasteiger partial charge in [-0.1, -0.05) is 26.7 Å². The van der Waals surface area contributed by atoms with E-state index < -0.39 is 0 Å². The molecular weight excluding hydrogens is 256 g/mol. The Labute approximate surface area is 121 Å². The van der Waals surface area contributed by atoms with Crippen molar-refractivity contribution in [2.45, 2.75) is 44.4 Å². The molecule has 19 heavy (non-hydrogen) atoms. The van der Waals surface area contributed by atoms with Crippen molar-refractivity contribution in [2.75, 3.05) is 19.0 Å². The maximum atomic E-state index is 5.63. The number of unbranched alkanes of at least 4 members (excludes halogenated alkanes) is 2. The van der Waals surface area contributed by atoms with Crippen LogP contribution in [0.5, 0.6) is 5.75 Å². The van der Waals surface area contributed by atoms with E-state index in [0.717, 1.165) is 37.6 Å². The van der Waals surface area contributed by atoms with Crippen molar-refractivity contribution in [1.82, 2.24) is 0 Å². The molecule has 0 N–H and O–H groups in total. The van der Waals surface area contributed by atoms with Crippen LogP contribution in [-0.2, 0) is 4.74 Å². The highest BCUT2D eigenvalue weighted by molar-refractivity contribution is 7.99. The van der Waals surface area contributed by atoms with Gasteiger partial charge in [-0.3, -0.25) is 0 Å². The second-order valence-electron chi connectivity index (χ2n) is 4.38. The number of thioether (sulfide) groups is 1. The lowest BCUT2D eigenvalue weighted by Gasteiger charge is -2.06. The molecule has 1 rings (SSSR count). The summed E-state index contributed by atoms with van der Waals surface area (Å²) in [6.45, 7) is 7.87. The second kappa shape index (κ2) is 11.2. The summed E-state index contributed by atoms with van der Waals surface area (Å²) < 4.78 is 11.0. The van der Waals surface area contributed by atoms with E-state index in [1.807, 2.05) is 18.7 Å². The summed E-state index contributed by atoms with van der Waals surface area (Å²) in [7, 11) is 0. The van der Waals surface area contributed by atoms with Gasteiger partial charge in [0.25, 0.3) is 0 Å². The number of hydrogen-bond acceptors (Lipinski definition) is 3. The summed E-state index contributed by atoms with van der Waals surface area (Å²) >= 11 is 1.78. The van der Waals surface area contributed by atoms with Gasteiger partial charge in [-0.25, -0.2) is 0 Å². The average Bonchev–Trinajstić information content (AvgIpc) is 2.44. The largest absolute Gasteiger partial charge is 0.494 e. The minimum absolute atomic E-state index is 0.808. The normalized spacial score (nSPS) is 10.6. The number of ether oxygens (including phenoxy) is 2. The first-order valence-corrected chi connectivity index (χ1v) is 8.14. The predicted octanol–water partition coefficient (Wildman–Crippen LogP) is 4.94. The van der Waals surface area contributed by atoms with Crippen LogP contribution in [-0.4, -0.2) is 19.0 Å². The quantitative estimate of drug-likeness (QED) is 0.423. The number of hydrogen-bond donors (Lipinski definition) is 0. The number of rotatable bonds is 11. The molecule has 0 aromatic heterocycles. The molecule has 0 aliphatic carbocycles. The summed E-state index contributed by atoms with van der Waals surface area (Å²) in [6.07, 6.45) is 4.59. The molecule has 0 fully saturated rings. The van der Waals surface area contributed by atoms with Crippen LogP contribution >= 0.6 is 11.8 Å². The lowest BCUT2D eigenvalue weighted by atomic mass is 10.3. The van der Waals surface area contributed by atoms with Crippen LogP contribution in [0, 0.1) is 6.61 Å². The van der Waals surface area contributed by atoms with E-state index >= 15 is 0 Å². The SMILES string of the molecule is CCCCO[CH]CSc1ccc(OCCCC)cc1. The standard InChI is InChI=1S/C16H25O2S/c1-3-5-11-17-13-14-19-16-9-7-15(8-10-16)18-12-6-4-2/h7-10,13H,3-6,11-12,14H2,1-2H3. The molecule has 1 radical (unpaired) electrons. The third kappa shape index (κ3) is 8.17. The van der Waals surface area contributed by atoms with Gasteiger partial charge in [0.05, 0.1) is 13.2 Å². The predicted molar refractivity (Wildman–Crippen MR) is 82.7 cm³/mol. The summed E-state index contributed by atoms with van der Waals surface area (Å²) in [4.78, 5) is 1.25. The van der Waals surface area contributed by atoms with E-state index in [-0.39, 0.29) is 0 Å². The Morgan fingerprint density at radius 2 is 1.68 bits per heavy atom. The highest BCUT2D eigenvalue weighted by atomic mass is 32.2. The fourth-order valence-electron chi connectivity index (χ4n) is 1.46. The molecule has 0 aliphatic rings. The van der Waals surface area contributed by atoms with E-state index in [9.17, 15) is 0 Å². The fourth-order valence-corrected chi connectivity index (χ4v) is 2.14. The second-order valence-corrected chi connectivity index (χ2v) is 5.47. The van der Waals surface area contributed by atoms with Crippen molar-refractivity contribution in [2.24, 2.45) is 0 Å². The minimum Gasteiger partial charge on any atom is -0.494 e. The van der Waals surface area contributed by atoms with E-state index in [1.165, 1.54) is 17.7 Å². The van der Waals surface area contributed by atoms with Gasteiger partial charge < -0.3 is 9.47 Å². The lowest BCUT2D eigenvalue weighted by Crippen LogP contribution is -1.96. The Morgan fingerprint density at radius 1 is 1.00 bits per heavy atom. The highest BCUT2D eigenvalue weighted by Crippen LogP contribution is 2.22. The highest BCUT2D eigenvalue weighted by Gasteiger charge is 1.97. The van der Waals surface area contributed by atoms with Gasteiger partial charge in [0.15, 0.2) is 0 Å². The maximum Gasteiger partial charge on any atom is 0.119 e. The average molecular weight is 281 g/mol. The minimum atomic E-state index is 0.808. The van der Waals surface area contributed by atoms with Crippen LogP contribution < -0.4 is 4.74 Å². The van der Waals surface area contributed by atoms with Gasteiger partial charge in [0.2, 0.25) is 0 Å². The molecule has 1 aromatic carbocycles. The van der Waals surface area contributed by atoms with Crippen LogP contribution in [0.25, 0.3) is 0 Å². The Kier molecular flexibility index (Phi) is 9.64. The van der Waals surface area contributed by atoms with Crippen molar-refractivity contribution >= 4 is 11.8 Å². The zero-order valence-corrected chi connectivity index (χ0v) is 12.9. The third-order valence-electron chi connectivity index (χ3n) is 2.64. The van der Waals surface area contributed by atoms with E-state index in [0.29, 0.717) is 0 Å². The van der Waals surface area contributed by atoms with Crippen LogP contribution in [0.3, 0.4) is 0 Å². The molecule has 0 amide bonds. The molecule has 0 unspecified atom stereocenters. The third-order valence-corrected chi connectivity index (χ3v) is 3.55. The van der Waals surface area contributed by atoms with Gasteiger partial charge >= 0.3 is 0 Å². The van der Waals surface area contributed by atoms with Crippen molar-refractivity contribution < 1.29 is 9.47 Å². The summed E-state index contributed by atoms with van der Waals surface area (Å²) in [5.41, 5.74) is 0. The molecule has 0 saturated heterocycles. The van der Waals surface area contributed by atoms with Crippen molar-refractivity contribution in [3.05, 3.63) is 30.9 Å². The molecule has 0 heterocycles. The Balaban J connectivity index is 2.13. The molecule has 0 atom stereocenters. The molecule has 0 saturated carbocycles. The van der Waals surface area contributed by atoms with Crippen molar-refractivity contribution in [3.63, 3.8) is 0 Å². The maximum absolute atomic E-state index is 5.63. The molecule has 1 aromatic rings. The van der Waals surface area contributed by atoms with Gasteiger partial charge in [0.1, 0.15) is 5.75 Å². The van der Waals surface area contributed by atoms with Gasteiger partial charge in [-0.05, 0) is 37.1 Å². The molecule has 3 heteroatoms. The summed E-state index contributed by atoms with van der Waals surface area (Å²) in [5, 5.41) is 0. The molecule has 0 aliphatic heterocycles. The van der Waals surface area contributed by atoms with Crippen LogP contribution in [0.15, 0.2) is 29.2 Å². The zero-order chi connectivity index (χ0) is 13.8. The smallest absolute Gasteiger partial charge is 0.119 e. The topological polar surface area (TPSA) is 18.5 Å². The molecule has 0 spiro atoms. The molecule has 0 bridgehead atoms. The zero-order valence-electron chi connectivity index (χ0n) is 12.1. The first kappa shape index (κ1) is 16.4. The Hall–Kier alpha value is -0.670. The summed E-state index contributed by atoms with van der Waals surface area (Å²) in [5.74, 6) is 1.85. The number of benzene rings is 1. The van der Waals surface area contributed by atoms with Crippen LogP contribution in [0.4, 0.5) is 0 Å². The Morgan fingerprint density at radius 3 is 2.37 bits per heavy atom. The van der Waals surface area contributed by atoms with Crippen molar-refractivity contribution in [3.8, 4) is 5.75 Å². The first-order valence-electron chi connectivity index (χ1n) is 7.15. The molecular formula is C16H25O2S. The molecule has 107 valence electrons. The van der Waals surface area contributed by atoms with Gasteiger partial charge in [0, 0.05) is 17.3 Å². The lowest BCUT2D eigenvalue weighted by molar-refractivity contribution is 0.201. The van der Waals surface area contributed by atoms with E-state index in [2.05, 4.69) is 26.0 Å². The van der Waals surface area contributed by atoms with Crippen molar-refractivity contribution in [1.29, 1.82) is 0 Å². The monoisotopic (exact) mass is 281 g/mol. The Bertz CT molecular complexity index is 311.